The van der Waals surface area contributed by atoms with Crippen LogP contribution in [0.3, 0.4) is 0 Å². The highest BCUT2D eigenvalue weighted by molar-refractivity contribution is 6.03. The van der Waals surface area contributed by atoms with E-state index in [0.717, 1.165) is 57.1 Å². The van der Waals surface area contributed by atoms with Crippen molar-refractivity contribution >= 4 is 23.4 Å². The Hall–Kier alpha value is -3.49. The van der Waals surface area contributed by atoms with Crippen molar-refractivity contribution in [2.75, 3.05) is 43.1 Å². The maximum absolute atomic E-state index is 12.8. The molecule has 182 valence electrons. The van der Waals surface area contributed by atoms with Crippen molar-refractivity contribution < 1.29 is 18.8 Å². The largest absolute Gasteiger partial charge is 0.379 e. The van der Waals surface area contributed by atoms with Crippen LogP contribution in [0.15, 0.2) is 65.2 Å². The van der Waals surface area contributed by atoms with Crippen LogP contribution in [-0.4, -0.2) is 54.7 Å². The topological polar surface area (TPSA) is 87.9 Å². The van der Waals surface area contributed by atoms with Gasteiger partial charge in [0.05, 0.1) is 24.8 Å². The molecule has 2 amide bonds. The molecule has 2 aromatic carbocycles. The number of benzene rings is 2. The van der Waals surface area contributed by atoms with Crippen LogP contribution in [0, 0.1) is 5.92 Å². The average Bonchev–Trinajstić information content (AvgIpc) is 3.51. The van der Waals surface area contributed by atoms with Crippen molar-refractivity contribution in [3.63, 3.8) is 0 Å². The Bertz CT molecular complexity index is 1140. The fraction of sp³-hybridized carbons (Fsp3) is 0.370. The minimum atomic E-state index is -0.437. The number of nitrogens with one attached hydrogen (secondary N) is 1. The Morgan fingerprint density at radius 3 is 2.54 bits per heavy atom. The van der Waals surface area contributed by atoms with Gasteiger partial charge in [0.25, 0.3) is 0 Å². The molecule has 0 radical (unpaired) electrons. The van der Waals surface area contributed by atoms with Crippen molar-refractivity contribution in [1.82, 2.24) is 10.1 Å². The molecule has 0 aliphatic carbocycles. The Morgan fingerprint density at radius 2 is 1.77 bits per heavy atom. The molecule has 8 nitrogen and oxygen atoms in total. The van der Waals surface area contributed by atoms with Gasteiger partial charge < -0.3 is 14.2 Å². The lowest BCUT2D eigenvalue weighted by Gasteiger charge is -2.26. The monoisotopic (exact) mass is 474 g/mol. The molecule has 35 heavy (non-hydrogen) atoms. The van der Waals surface area contributed by atoms with Gasteiger partial charge in [-0.1, -0.05) is 47.6 Å². The van der Waals surface area contributed by atoms with Crippen LogP contribution in [0.4, 0.5) is 11.6 Å². The molecule has 0 spiro atoms. The quantitative estimate of drug-likeness (QED) is 0.539. The standard InChI is InChI=1S/C27H30N4O4/c32-26-16-22(19-31(26)24-10-7-21(8-11-24)18-30-12-14-34-15-13-30)27(33)28-25-17-23(29-35-25)9-6-20-4-2-1-3-5-20/h1-5,7-8,10-11,17,22H,6,9,12-16,18-19H2,(H,28,33). The first-order chi connectivity index (χ1) is 17.1. The summed E-state index contributed by atoms with van der Waals surface area (Å²) < 4.78 is 10.7. The summed E-state index contributed by atoms with van der Waals surface area (Å²) in [6, 6.07) is 19.9. The van der Waals surface area contributed by atoms with Gasteiger partial charge in [-0.25, -0.2) is 0 Å². The molecule has 2 aliphatic rings. The molecule has 3 aromatic rings. The molecule has 1 N–H and O–H groups in total. The van der Waals surface area contributed by atoms with Gasteiger partial charge in [0.15, 0.2) is 0 Å². The second-order valence-electron chi connectivity index (χ2n) is 9.12. The molecule has 8 heteroatoms. The van der Waals surface area contributed by atoms with Crippen molar-refractivity contribution in [3.8, 4) is 0 Å². The summed E-state index contributed by atoms with van der Waals surface area (Å²) in [5.74, 6) is -0.396. The number of carbonyl (C=O) groups excluding carboxylic acids is 2. The number of carbonyl (C=O) groups is 2. The predicted octanol–water partition coefficient (Wildman–Crippen LogP) is 3.28. The first-order valence-electron chi connectivity index (χ1n) is 12.1. The first kappa shape index (κ1) is 23.3. The molecule has 0 saturated carbocycles. The zero-order chi connectivity index (χ0) is 24.0. The maximum atomic E-state index is 12.8. The average molecular weight is 475 g/mol. The van der Waals surface area contributed by atoms with E-state index in [1.54, 1.807) is 11.0 Å². The third-order valence-electron chi connectivity index (χ3n) is 6.57. The zero-order valence-electron chi connectivity index (χ0n) is 19.7. The minimum Gasteiger partial charge on any atom is -0.379 e. The molecule has 5 rings (SSSR count). The molecular weight excluding hydrogens is 444 g/mol. The van der Waals surface area contributed by atoms with Gasteiger partial charge in [0.1, 0.15) is 0 Å². The number of ether oxygens (including phenoxy) is 1. The predicted molar refractivity (Wildman–Crippen MR) is 132 cm³/mol. The summed E-state index contributed by atoms with van der Waals surface area (Å²) in [5, 5.41) is 6.85. The molecule has 0 bridgehead atoms. The van der Waals surface area contributed by atoms with E-state index in [0.29, 0.717) is 12.4 Å². The highest BCUT2D eigenvalue weighted by Gasteiger charge is 2.35. The van der Waals surface area contributed by atoms with Gasteiger partial charge in [-0.15, -0.1) is 0 Å². The first-order valence-corrected chi connectivity index (χ1v) is 12.1. The van der Waals surface area contributed by atoms with E-state index in [-0.39, 0.29) is 18.2 Å². The lowest BCUT2D eigenvalue weighted by molar-refractivity contribution is -0.122. The molecule has 2 saturated heterocycles. The number of morpholine rings is 1. The van der Waals surface area contributed by atoms with Crippen molar-refractivity contribution in [1.29, 1.82) is 0 Å². The molecule has 1 unspecified atom stereocenters. The summed E-state index contributed by atoms with van der Waals surface area (Å²) in [4.78, 5) is 29.5. The Kier molecular flexibility index (Phi) is 7.20. The lowest BCUT2D eigenvalue weighted by atomic mass is 10.1. The van der Waals surface area contributed by atoms with E-state index < -0.39 is 5.92 Å². The summed E-state index contributed by atoms with van der Waals surface area (Å²) in [7, 11) is 0. The molecule has 1 atom stereocenters. The fourth-order valence-electron chi connectivity index (χ4n) is 4.56. The van der Waals surface area contributed by atoms with E-state index in [1.807, 2.05) is 30.3 Å². The lowest BCUT2D eigenvalue weighted by Crippen LogP contribution is -2.35. The number of aromatic nitrogens is 1. The normalized spacial score (nSPS) is 18.7. The molecular formula is C27H30N4O4. The van der Waals surface area contributed by atoms with Crippen molar-refractivity contribution in [3.05, 3.63) is 77.5 Å². The smallest absolute Gasteiger partial charge is 0.232 e. The number of hydrogen-bond donors (Lipinski definition) is 1. The van der Waals surface area contributed by atoms with Crippen LogP contribution in [0.1, 0.15) is 23.2 Å². The maximum Gasteiger partial charge on any atom is 0.232 e. The van der Waals surface area contributed by atoms with Gasteiger partial charge in [-0.05, 0) is 36.1 Å². The Labute approximate surface area is 204 Å². The number of nitrogens with zero attached hydrogens (tertiary/aromatic N) is 3. The fourth-order valence-corrected chi connectivity index (χ4v) is 4.56. The third-order valence-corrected chi connectivity index (χ3v) is 6.57. The van der Waals surface area contributed by atoms with Gasteiger partial charge in [0.2, 0.25) is 17.7 Å². The second-order valence-corrected chi connectivity index (χ2v) is 9.12. The van der Waals surface area contributed by atoms with Gasteiger partial charge in [-0.2, -0.15) is 0 Å². The van der Waals surface area contributed by atoms with Gasteiger partial charge >= 0.3 is 0 Å². The molecule has 2 fully saturated rings. The van der Waals surface area contributed by atoms with Crippen LogP contribution in [-0.2, 0) is 33.7 Å². The van der Waals surface area contributed by atoms with E-state index in [1.165, 1.54) is 11.1 Å². The van der Waals surface area contributed by atoms with Crippen LogP contribution >= 0.6 is 0 Å². The minimum absolute atomic E-state index is 0.0489. The van der Waals surface area contributed by atoms with Crippen LogP contribution < -0.4 is 10.2 Å². The number of amides is 2. The molecule has 1 aromatic heterocycles. The van der Waals surface area contributed by atoms with Crippen molar-refractivity contribution in [2.45, 2.75) is 25.8 Å². The number of hydrogen-bond acceptors (Lipinski definition) is 6. The number of rotatable bonds is 8. The number of aryl methyl sites for hydroxylation is 2. The van der Waals surface area contributed by atoms with Crippen LogP contribution in [0.5, 0.6) is 0 Å². The SMILES string of the molecule is O=C(Nc1cc(CCc2ccccc2)no1)C1CC(=O)N(c2ccc(CN3CCOCC3)cc2)C1. The zero-order valence-corrected chi connectivity index (χ0v) is 19.7. The molecule has 2 aliphatic heterocycles. The third kappa shape index (κ3) is 5.96. The molecule has 3 heterocycles. The number of anilines is 2. The van der Waals surface area contributed by atoms with Gasteiger partial charge in [0, 0.05) is 44.4 Å². The Morgan fingerprint density at radius 1 is 1.00 bits per heavy atom. The van der Waals surface area contributed by atoms with E-state index in [2.05, 4.69) is 39.6 Å². The highest BCUT2D eigenvalue weighted by atomic mass is 16.5. The van der Waals surface area contributed by atoms with Gasteiger partial charge in [-0.3, -0.25) is 19.8 Å². The van der Waals surface area contributed by atoms with Crippen molar-refractivity contribution in [2.24, 2.45) is 5.92 Å². The van der Waals surface area contributed by atoms with E-state index in [9.17, 15) is 9.59 Å². The van der Waals surface area contributed by atoms with E-state index >= 15 is 0 Å². The summed E-state index contributed by atoms with van der Waals surface area (Å²) >= 11 is 0. The summed E-state index contributed by atoms with van der Waals surface area (Å²) in [5.41, 5.74) is 4.02. The summed E-state index contributed by atoms with van der Waals surface area (Å²) in [6.45, 7) is 4.63. The van der Waals surface area contributed by atoms with E-state index in [4.69, 9.17) is 9.26 Å². The Balaban J connectivity index is 1.13. The summed E-state index contributed by atoms with van der Waals surface area (Å²) in [6.07, 6.45) is 1.75. The highest BCUT2D eigenvalue weighted by Crippen LogP contribution is 2.27. The second kappa shape index (κ2) is 10.8. The van der Waals surface area contributed by atoms with Crippen LogP contribution in [0.2, 0.25) is 0 Å². The van der Waals surface area contributed by atoms with Crippen LogP contribution in [0.25, 0.3) is 0 Å².